The fourth-order valence-electron chi connectivity index (χ4n) is 6.03. The molecule has 1 saturated carbocycles. The van der Waals surface area contributed by atoms with Crippen molar-refractivity contribution in [2.24, 2.45) is 11.1 Å². The summed E-state index contributed by atoms with van der Waals surface area (Å²) in [5.41, 5.74) is 6.24. The molecule has 10 heteroatoms. The Morgan fingerprint density at radius 2 is 1.79 bits per heavy atom. The average Bonchev–Trinajstić information content (AvgIpc) is 3.71. The molecule has 2 aliphatic rings. The van der Waals surface area contributed by atoms with E-state index in [4.69, 9.17) is 28.9 Å². The largest absolute Gasteiger partial charge is 0.370 e. The summed E-state index contributed by atoms with van der Waals surface area (Å²) in [4.78, 5) is 28.4. The van der Waals surface area contributed by atoms with Crippen molar-refractivity contribution in [1.82, 2.24) is 10.2 Å². The molecule has 5 atom stereocenters. The van der Waals surface area contributed by atoms with E-state index in [9.17, 15) is 18.0 Å². The number of rotatable bonds is 10. The van der Waals surface area contributed by atoms with Crippen LogP contribution in [0.15, 0.2) is 48.5 Å². The Balaban J connectivity index is 1.95. The SMILES string of the molecule is CC[C@@H](C(NC)S(=O)(=O)C1CC1)N1C(=O)[C@@](C)(CC(N)=O)C[C@H](c2cccc(Cl)c2)[C@H]1c1ccc(Cl)cc1. The van der Waals surface area contributed by atoms with Crippen LogP contribution in [-0.4, -0.2) is 48.8 Å². The molecule has 2 amide bonds. The van der Waals surface area contributed by atoms with Gasteiger partial charge in [-0.15, -0.1) is 0 Å². The number of likely N-dealkylation sites (tertiary alicyclic amines) is 1. The number of carbonyl (C=O) groups is 2. The van der Waals surface area contributed by atoms with Gasteiger partial charge in [0.25, 0.3) is 0 Å². The summed E-state index contributed by atoms with van der Waals surface area (Å²) in [5, 5.41) is 2.76. The highest BCUT2D eigenvalue weighted by molar-refractivity contribution is 7.92. The van der Waals surface area contributed by atoms with Gasteiger partial charge in [0.05, 0.1) is 22.7 Å². The molecule has 2 aromatic rings. The normalized spacial score (nSPS) is 25.7. The number of nitrogens with one attached hydrogen (secondary N) is 1. The van der Waals surface area contributed by atoms with E-state index in [1.54, 1.807) is 37.1 Å². The highest BCUT2D eigenvalue weighted by atomic mass is 35.5. The van der Waals surface area contributed by atoms with Gasteiger partial charge in [-0.2, -0.15) is 0 Å². The van der Waals surface area contributed by atoms with Crippen LogP contribution in [0.2, 0.25) is 10.0 Å². The number of hydrogen-bond acceptors (Lipinski definition) is 5. The number of carbonyl (C=O) groups excluding carboxylic acids is 2. The molecule has 1 aliphatic heterocycles. The fourth-order valence-corrected chi connectivity index (χ4v) is 8.65. The minimum absolute atomic E-state index is 0.150. The van der Waals surface area contributed by atoms with Crippen molar-refractivity contribution in [3.8, 4) is 0 Å². The summed E-state index contributed by atoms with van der Waals surface area (Å²) in [5.74, 6) is -1.15. The van der Waals surface area contributed by atoms with Gasteiger partial charge in [-0.3, -0.25) is 9.59 Å². The van der Waals surface area contributed by atoms with E-state index in [0.29, 0.717) is 35.7 Å². The molecule has 206 valence electrons. The number of amides is 2. The van der Waals surface area contributed by atoms with Gasteiger partial charge < -0.3 is 16.0 Å². The van der Waals surface area contributed by atoms with Gasteiger partial charge in [-0.25, -0.2) is 8.42 Å². The third-order valence-corrected chi connectivity index (χ3v) is 11.1. The Bertz CT molecular complexity index is 1300. The van der Waals surface area contributed by atoms with E-state index in [2.05, 4.69) is 5.32 Å². The van der Waals surface area contributed by atoms with Crippen LogP contribution in [-0.2, 0) is 19.4 Å². The molecule has 38 heavy (non-hydrogen) atoms. The van der Waals surface area contributed by atoms with Gasteiger partial charge in [0.1, 0.15) is 5.37 Å². The van der Waals surface area contributed by atoms with Crippen LogP contribution in [0.4, 0.5) is 0 Å². The van der Waals surface area contributed by atoms with E-state index in [-0.39, 0.29) is 18.2 Å². The molecule has 7 nitrogen and oxygen atoms in total. The van der Waals surface area contributed by atoms with Gasteiger partial charge in [0, 0.05) is 22.4 Å². The molecular formula is C28H35Cl2N3O4S. The quantitative estimate of drug-likeness (QED) is 0.418. The summed E-state index contributed by atoms with van der Waals surface area (Å²) in [6, 6.07) is 13.5. The molecule has 1 saturated heterocycles. The second kappa shape index (κ2) is 11.2. The van der Waals surface area contributed by atoms with Gasteiger partial charge >= 0.3 is 0 Å². The van der Waals surface area contributed by atoms with Crippen LogP contribution in [0, 0.1) is 5.41 Å². The lowest BCUT2D eigenvalue weighted by molar-refractivity contribution is -0.157. The van der Waals surface area contributed by atoms with Crippen molar-refractivity contribution in [2.75, 3.05) is 7.05 Å². The van der Waals surface area contributed by atoms with Gasteiger partial charge in [0.2, 0.25) is 11.8 Å². The number of likely N-dealkylation sites (N-methyl/N-ethyl adjacent to an activating group) is 1. The van der Waals surface area contributed by atoms with Crippen molar-refractivity contribution < 1.29 is 18.0 Å². The van der Waals surface area contributed by atoms with Gasteiger partial charge in [-0.05, 0) is 68.1 Å². The molecule has 1 aliphatic carbocycles. The zero-order valence-electron chi connectivity index (χ0n) is 21.9. The number of piperidine rings is 1. The van der Waals surface area contributed by atoms with E-state index in [1.807, 2.05) is 37.3 Å². The van der Waals surface area contributed by atoms with E-state index in [0.717, 1.165) is 11.1 Å². The van der Waals surface area contributed by atoms with Crippen molar-refractivity contribution in [2.45, 2.75) is 74.6 Å². The predicted molar refractivity (Wildman–Crippen MR) is 151 cm³/mol. The van der Waals surface area contributed by atoms with Crippen LogP contribution in [0.1, 0.15) is 69.0 Å². The molecule has 0 aromatic heterocycles. The van der Waals surface area contributed by atoms with Gasteiger partial charge in [0.15, 0.2) is 9.84 Å². The number of nitrogens with zero attached hydrogens (tertiary/aromatic N) is 1. The molecule has 1 heterocycles. The Kier molecular flexibility index (Phi) is 8.48. The van der Waals surface area contributed by atoms with Crippen molar-refractivity contribution in [3.05, 3.63) is 69.7 Å². The zero-order chi connectivity index (χ0) is 27.8. The van der Waals surface area contributed by atoms with E-state index >= 15 is 0 Å². The first-order valence-corrected chi connectivity index (χ1v) is 15.3. The second-order valence-electron chi connectivity index (χ2n) is 10.8. The summed E-state index contributed by atoms with van der Waals surface area (Å²) >= 11 is 12.6. The number of hydrogen-bond donors (Lipinski definition) is 2. The lowest BCUT2D eigenvalue weighted by Gasteiger charge is -2.53. The maximum absolute atomic E-state index is 14.5. The molecular weight excluding hydrogens is 545 g/mol. The standard InChI is InChI=1S/C28H35Cl2N3O4S/c1-4-23(26(32-3)38(36,37)21-12-13-21)33-25(17-8-10-19(29)11-9-17)22(18-6-5-7-20(30)14-18)15-28(2,27(33)35)16-24(31)34/h5-11,14,21-23,25-26,32H,4,12-13,15-16H2,1-3H3,(H2,31,34)/t22-,23+,25-,26?,28-/m1/s1. The molecule has 3 N–H and O–H groups in total. The summed E-state index contributed by atoms with van der Waals surface area (Å²) in [7, 11) is -1.94. The second-order valence-corrected chi connectivity index (χ2v) is 14.0. The Labute approximate surface area is 235 Å². The van der Waals surface area contributed by atoms with E-state index in [1.165, 1.54) is 0 Å². The van der Waals surface area contributed by atoms with E-state index < -0.39 is 43.9 Å². The molecule has 0 radical (unpaired) electrons. The maximum Gasteiger partial charge on any atom is 0.229 e. The maximum atomic E-state index is 14.5. The number of sulfone groups is 1. The summed E-state index contributed by atoms with van der Waals surface area (Å²) < 4.78 is 27.2. The van der Waals surface area contributed by atoms with Crippen LogP contribution >= 0.6 is 23.2 Å². The lowest BCUT2D eigenvalue weighted by Crippen LogP contribution is -2.62. The lowest BCUT2D eigenvalue weighted by atomic mass is 9.67. The minimum Gasteiger partial charge on any atom is -0.370 e. The minimum atomic E-state index is -3.56. The molecule has 2 aromatic carbocycles. The van der Waals surface area contributed by atoms with Crippen molar-refractivity contribution >= 4 is 44.9 Å². The predicted octanol–water partition coefficient (Wildman–Crippen LogP) is 4.83. The number of benzene rings is 2. The summed E-state index contributed by atoms with van der Waals surface area (Å²) in [6.45, 7) is 3.64. The van der Waals surface area contributed by atoms with Gasteiger partial charge in [-0.1, -0.05) is 61.3 Å². The smallest absolute Gasteiger partial charge is 0.229 e. The highest BCUT2D eigenvalue weighted by Crippen LogP contribution is 2.52. The molecule has 1 unspecified atom stereocenters. The Hall–Kier alpha value is -2.13. The first-order chi connectivity index (χ1) is 17.9. The van der Waals surface area contributed by atoms with Crippen molar-refractivity contribution in [1.29, 1.82) is 0 Å². The average molecular weight is 581 g/mol. The first-order valence-electron chi connectivity index (χ1n) is 12.9. The molecule has 0 bridgehead atoms. The number of nitrogens with two attached hydrogens (primary N) is 1. The van der Waals surface area contributed by atoms with Crippen LogP contribution in [0.3, 0.4) is 0 Å². The monoisotopic (exact) mass is 579 g/mol. The number of primary amides is 1. The third kappa shape index (κ3) is 5.60. The molecule has 2 fully saturated rings. The van der Waals surface area contributed by atoms with Crippen LogP contribution in [0.25, 0.3) is 0 Å². The van der Waals surface area contributed by atoms with Crippen LogP contribution < -0.4 is 11.1 Å². The molecule has 0 spiro atoms. The fraction of sp³-hybridized carbons (Fsp3) is 0.500. The Morgan fingerprint density at radius 3 is 2.32 bits per heavy atom. The Morgan fingerprint density at radius 1 is 1.13 bits per heavy atom. The number of halogens is 2. The van der Waals surface area contributed by atoms with Crippen LogP contribution in [0.5, 0.6) is 0 Å². The summed E-state index contributed by atoms with van der Waals surface area (Å²) in [6.07, 6.45) is 1.83. The highest BCUT2D eigenvalue weighted by Gasteiger charge is 2.55. The first kappa shape index (κ1) is 28.9. The van der Waals surface area contributed by atoms with Crippen molar-refractivity contribution in [3.63, 3.8) is 0 Å². The third-order valence-electron chi connectivity index (χ3n) is 7.91. The zero-order valence-corrected chi connectivity index (χ0v) is 24.2. The topological polar surface area (TPSA) is 110 Å². The molecule has 4 rings (SSSR count).